The Morgan fingerprint density at radius 2 is 0.845 bits per heavy atom. The molecule has 1 saturated heterocycles. The molecule has 0 spiro atoms. The highest BCUT2D eigenvalue weighted by molar-refractivity contribution is 5.76. The van der Waals surface area contributed by atoms with E-state index >= 15 is 0 Å². The van der Waals surface area contributed by atoms with Crippen molar-refractivity contribution in [3.8, 4) is 0 Å². The lowest BCUT2D eigenvalue weighted by atomic mass is 9.99. The van der Waals surface area contributed by atoms with Gasteiger partial charge < -0.3 is 40.3 Å². The zero-order chi connectivity index (χ0) is 51.5. The minimum atomic E-state index is -1.57. The molecule has 9 nitrogen and oxygen atoms in total. The van der Waals surface area contributed by atoms with Gasteiger partial charge in [-0.05, 0) is 70.6 Å². The number of hydrogen-bond donors (Lipinski definition) is 6. The Hall–Kier alpha value is -2.11. The third kappa shape index (κ3) is 40.9. The van der Waals surface area contributed by atoms with E-state index in [1.54, 1.807) is 6.08 Å². The van der Waals surface area contributed by atoms with Crippen LogP contribution in [0.1, 0.15) is 271 Å². The van der Waals surface area contributed by atoms with E-state index in [2.05, 4.69) is 67.8 Å². The first kappa shape index (κ1) is 66.9. The lowest BCUT2D eigenvalue weighted by Crippen LogP contribution is -2.60. The Balaban J connectivity index is 2.00. The summed E-state index contributed by atoms with van der Waals surface area (Å²) in [6, 6.07) is -0.819. The third-order valence-electron chi connectivity index (χ3n) is 14.1. The second-order valence-electron chi connectivity index (χ2n) is 20.8. The highest BCUT2D eigenvalue weighted by Gasteiger charge is 2.44. The van der Waals surface area contributed by atoms with Crippen LogP contribution in [0.15, 0.2) is 60.8 Å². The fraction of sp³-hybridized carbons (Fsp3) is 0.823. The van der Waals surface area contributed by atoms with E-state index in [1.807, 2.05) is 6.08 Å². The zero-order valence-corrected chi connectivity index (χ0v) is 46.0. The maximum absolute atomic E-state index is 13.0. The van der Waals surface area contributed by atoms with Crippen LogP contribution in [-0.2, 0) is 14.3 Å². The van der Waals surface area contributed by atoms with E-state index in [4.69, 9.17) is 9.47 Å². The van der Waals surface area contributed by atoms with Crippen LogP contribution in [0.5, 0.6) is 0 Å². The van der Waals surface area contributed by atoms with Gasteiger partial charge in [-0.25, -0.2) is 0 Å². The number of aliphatic hydroxyl groups is 5. The normalized spacial score (nSPS) is 19.7. The number of ether oxygens (including phenoxy) is 2. The van der Waals surface area contributed by atoms with Crippen molar-refractivity contribution in [2.45, 2.75) is 314 Å². The molecule has 1 aliphatic rings. The number of carbonyl (C=O) groups is 1. The molecule has 1 fully saturated rings. The number of rotatable bonds is 51. The van der Waals surface area contributed by atoms with Gasteiger partial charge in [0.1, 0.15) is 24.4 Å². The number of unbranched alkanes of at least 4 members (excludes halogenated alkanes) is 33. The second kappa shape index (κ2) is 51.4. The zero-order valence-electron chi connectivity index (χ0n) is 46.0. The van der Waals surface area contributed by atoms with Crippen molar-refractivity contribution in [3.63, 3.8) is 0 Å². The van der Waals surface area contributed by atoms with Gasteiger partial charge in [-0.1, -0.05) is 254 Å². The van der Waals surface area contributed by atoms with Gasteiger partial charge in [0, 0.05) is 6.42 Å². The first-order valence-corrected chi connectivity index (χ1v) is 30.0. The first-order valence-electron chi connectivity index (χ1n) is 30.0. The number of amides is 1. The van der Waals surface area contributed by atoms with Crippen LogP contribution in [0.2, 0.25) is 0 Å². The molecule has 7 unspecified atom stereocenters. The largest absolute Gasteiger partial charge is 0.394 e. The van der Waals surface area contributed by atoms with Gasteiger partial charge >= 0.3 is 0 Å². The lowest BCUT2D eigenvalue weighted by molar-refractivity contribution is -0.302. The van der Waals surface area contributed by atoms with Crippen molar-refractivity contribution in [3.05, 3.63) is 60.8 Å². The maximum atomic E-state index is 13.0. The van der Waals surface area contributed by atoms with E-state index in [-0.39, 0.29) is 12.5 Å². The van der Waals surface area contributed by atoms with Crippen molar-refractivity contribution >= 4 is 5.91 Å². The fourth-order valence-corrected chi connectivity index (χ4v) is 9.30. The summed E-state index contributed by atoms with van der Waals surface area (Å²) in [4.78, 5) is 13.0. The Bertz CT molecular complexity index is 1300. The Labute approximate surface area is 436 Å². The predicted octanol–water partition coefficient (Wildman–Crippen LogP) is 15.1. The van der Waals surface area contributed by atoms with E-state index in [9.17, 15) is 30.3 Å². The van der Waals surface area contributed by atoms with Crippen LogP contribution in [0, 0.1) is 0 Å². The number of nitrogens with one attached hydrogen (secondary N) is 1. The van der Waals surface area contributed by atoms with Crippen LogP contribution in [0.4, 0.5) is 0 Å². The molecule has 0 saturated carbocycles. The van der Waals surface area contributed by atoms with Crippen molar-refractivity contribution in [2.24, 2.45) is 0 Å². The van der Waals surface area contributed by atoms with Gasteiger partial charge in [-0.2, -0.15) is 0 Å². The molecule has 6 N–H and O–H groups in total. The van der Waals surface area contributed by atoms with E-state index < -0.39 is 49.5 Å². The molecule has 0 aromatic rings. The Morgan fingerprint density at radius 1 is 0.479 bits per heavy atom. The molecule has 1 amide bonds. The molecular weight excluding hydrogens is 887 g/mol. The summed E-state index contributed by atoms with van der Waals surface area (Å²) >= 11 is 0. The van der Waals surface area contributed by atoms with Crippen LogP contribution >= 0.6 is 0 Å². The third-order valence-corrected chi connectivity index (χ3v) is 14.1. The average Bonchev–Trinajstić information content (AvgIpc) is 3.37. The smallest absolute Gasteiger partial charge is 0.220 e. The average molecular weight is 1000 g/mol. The molecule has 7 atom stereocenters. The standard InChI is InChI=1S/C62H113NO8/c1-3-5-7-9-11-13-14-15-16-17-18-19-20-21-22-23-24-25-26-27-28-29-30-31-32-33-34-35-36-37-38-39-40-41-42-44-46-48-50-52-58(66)63-55(56(65)51-49-47-45-43-12-10-8-6-4-2)54-70-62-61(69)60(68)59(67)57(53-64)71-62/h12,14-15,17-18,20-21,43,49,51,55-57,59-62,64-65,67-69H,3-11,13,16,19,22-42,44-48,50,52-54H2,1-2H3,(H,63,66)/b15-14-,18-17-,21-20-,43-12+,51-49+. The molecule has 0 aliphatic carbocycles. The molecule has 414 valence electrons. The molecule has 0 aromatic carbocycles. The van der Waals surface area contributed by atoms with E-state index in [0.29, 0.717) is 6.42 Å². The molecule has 9 heteroatoms. The molecule has 1 rings (SSSR count). The van der Waals surface area contributed by atoms with Gasteiger partial charge in [0.25, 0.3) is 0 Å². The van der Waals surface area contributed by atoms with Crippen molar-refractivity contribution in [1.29, 1.82) is 0 Å². The van der Waals surface area contributed by atoms with Crippen LogP contribution in [0.3, 0.4) is 0 Å². The van der Waals surface area contributed by atoms with E-state index in [0.717, 1.165) is 51.4 Å². The number of aliphatic hydroxyl groups excluding tert-OH is 5. The lowest BCUT2D eigenvalue weighted by Gasteiger charge is -2.40. The molecule has 71 heavy (non-hydrogen) atoms. The summed E-state index contributed by atoms with van der Waals surface area (Å²) in [6.07, 6.45) is 63.5. The Morgan fingerprint density at radius 3 is 1.31 bits per heavy atom. The van der Waals surface area contributed by atoms with E-state index in [1.165, 1.54) is 199 Å². The van der Waals surface area contributed by atoms with Gasteiger partial charge in [0.2, 0.25) is 5.91 Å². The van der Waals surface area contributed by atoms with Gasteiger partial charge in [-0.15, -0.1) is 0 Å². The van der Waals surface area contributed by atoms with Gasteiger partial charge in [0.05, 0.1) is 25.4 Å². The minimum Gasteiger partial charge on any atom is -0.394 e. The number of hydrogen-bond acceptors (Lipinski definition) is 8. The van der Waals surface area contributed by atoms with Gasteiger partial charge in [-0.3, -0.25) is 4.79 Å². The molecular formula is C62H113NO8. The van der Waals surface area contributed by atoms with Gasteiger partial charge in [0.15, 0.2) is 6.29 Å². The quantitative estimate of drug-likeness (QED) is 0.0261. The summed E-state index contributed by atoms with van der Waals surface area (Å²) < 4.78 is 11.2. The molecule has 1 aliphatic heterocycles. The summed E-state index contributed by atoms with van der Waals surface area (Å²) in [5, 5.41) is 54.2. The summed E-state index contributed by atoms with van der Waals surface area (Å²) in [5.74, 6) is -0.187. The highest BCUT2D eigenvalue weighted by Crippen LogP contribution is 2.23. The van der Waals surface area contributed by atoms with Crippen LogP contribution in [0.25, 0.3) is 0 Å². The highest BCUT2D eigenvalue weighted by atomic mass is 16.7. The topological polar surface area (TPSA) is 149 Å². The molecule has 0 bridgehead atoms. The predicted molar refractivity (Wildman–Crippen MR) is 299 cm³/mol. The number of carbonyl (C=O) groups excluding carboxylic acids is 1. The summed E-state index contributed by atoms with van der Waals surface area (Å²) in [6.45, 7) is 3.70. The minimum absolute atomic E-state index is 0.187. The van der Waals surface area contributed by atoms with Crippen molar-refractivity contribution < 1.29 is 39.8 Å². The fourth-order valence-electron chi connectivity index (χ4n) is 9.30. The molecule has 0 aromatic heterocycles. The van der Waals surface area contributed by atoms with Crippen molar-refractivity contribution in [1.82, 2.24) is 5.32 Å². The summed E-state index contributed by atoms with van der Waals surface area (Å²) in [7, 11) is 0. The maximum Gasteiger partial charge on any atom is 0.220 e. The SMILES string of the molecule is CCCCC/C=C/CC/C=C/C(O)C(COC1OC(CO)C(O)C(O)C1O)NC(=O)CCCCCCCCCCCCCCCCCCCCCCCCCC/C=C\C/C=C\C/C=C\CCCCCCC. The van der Waals surface area contributed by atoms with Crippen LogP contribution in [-0.4, -0.2) is 87.5 Å². The Kier molecular flexibility index (Phi) is 48.4. The number of allylic oxidation sites excluding steroid dienone is 9. The molecule has 1 heterocycles. The summed E-state index contributed by atoms with van der Waals surface area (Å²) in [5.41, 5.74) is 0. The van der Waals surface area contributed by atoms with Crippen LogP contribution < -0.4 is 5.32 Å². The first-order chi connectivity index (χ1) is 34.8. The van der Waals surface area contributed by atoms with Crippen molar-refractivity contribution in [2.75, 3.05) is 13.2 Å². The second-order valence-corrected chi connectivity index (χ2v) is 20.8. The monoisotopic (exact) mass is 1000 g/mol. The molecule has 0 radical (unpaired) electrons.